The van der Waals surface area contributed by atoms with Crippen molar-refractivity contribution in [2.45, 2.75) is 20.3 Å². The van der Waals surface area contributed by atoms with E-state index in [0.29, 0.717) is 12.5 Å². The van der Waals surface area contributed by atoms with Crippen LogP contribution in [0.25, 0.3) is 11.1 Å². The zero-order valence-corrected chi connectivity index (χ0v) is 14.9. The molecule has 1 heterocycles. The van der Waals surface area contributed by atoms with Gasteiger partial charge in [0.05, 0.1) is 6.61 Å². The van der Waals surface area contributed by atoms with Gasteiger partial charge in [-0.2, -0.15) is 0 Å². The van der Waals surface area contributed by atoms with Gasteiger partial charge in [0.2, 0.25) is 0 Å². The van der Waals surface area contributed by atoms with E-state index in [1.807, 2.05) is 47.4 Å². The highest BCUT2D eigenvalue weighted by atomic mass is 16.3. The first-order valence-corrected chi connectivity index (χ1v) is 9.01. The van der Waals surface area contributed by atoms with Crippen LogP contribution in [0.1, 0.15) is 30.6 Å². The minimum absolute atomic E-state index is 0.0802. The molecule has 1 N–H and O–H groups in total. The number of carbonyl (C=O) groups is 1. The quantitative estimate of drug-likeness (QED) is 0.926. The summed E-state index contributed by atoms with van der Waals surface area (Å²) < 4.78 is 0. The van der Waals surface area contributed by atoms with Crippen molar-refractivity contribution in [3.63, 3.8) is 0 Å². The second-order valence-electron chi connectivity index (χ2n) is 8.37. The Balaban J connectivity index is 1.52. The van der Waals surface area contributed by atoms with E-state index in [9.17, 15) is 9.90 Å². The van der Waals surface area contributed by atoms with E-state index in [4.69, 9.17) is 0 Å². The maximum Gasteiger partial charge on any atom is 0.253 e. The van der Waals surface area contributed by atoms with Gasteiger partial charge in [0.1, 0.15) is 0 Å². The number of aliphatic hydroxyl groups is 1. The minimum Gasteiger partial charge on any atom is -0.396 e. The molecule has 0 unspecified atom stereocenters. The van der Waals surface area contributed by atoms with Crippen molar-refractivity contribution in [3.05, 3.63) is 60.2 Å². The third-order valence-electron chi connectivity index (χ3n) is 6.24. The molecule has 2 aromatic rings. The third kappa shape index (κ3) is 2.58. The summed E-state index contributed by atoms with van der Waals surface area (Å²) in [5.74, 6) is 0.482. The standard InChI is InChI=1S/C22H25NO2/c1-21(2)13-22(15-24)14-23(12-19(21)22)20(25)18-10-8-17(9-11-18)16-6-4-3-5-7-16/h3-11,19,24H,12-15H2,1-2H3/t19-,22-/m1/s1. The molecule has 0 radical (unpaired) electrons. The van der Waals surface area contributed by atoms with Crippen molar-refractivity contribution in [1.29, 1.82) is 0 Å². The second kappa shape index (κ2) is 5.70. The normalized spacial score (nSPS) is 26.8. The van der Waals surface area contributed by atoms with E-state index < -0.39 is 0 Å². The SMILES string of the molecule is CC1(C)C[C@]2(CO)CN(C(=O)c3ccc(-c4ccccc4)cc3)C[C@H]12. The molecular formula is C22H25NO2. The average molecular weight is 335 g/mol. The van der Waals surface area contributed by atoms with Crippen LogP contribution in [0.5, 0.6) is 0 Å². The third-order valence-corrected chi connectivity index (χ3v) is 6.24. The van der Waals surface area contributed by atoms with Gasteiger partial charge in [0, 0.05) is 24.1 Å². The maximum atomic E-state index is 12.9. The van der Waals surface area contributed by atoms with Crippen LogP contribution in [-0.2, 0) is 0 Å². The molecule has 2 aromatic carbocycles. The van der Waals surface area contributed by atoms with Gasteiger partial charge in [-0.25, -0.2) is 0 Å². The number of likely N-dealkylation sites (tertiary alicyclic amines) is 1. The fourth-order valence-electron chi connectivity index (χ4n) is 5.11. The van der Waals surface area contributed by atoms with Crippen molar-refractivity contribution in [2.75, 3.05) is 19.7 Å². The summed E-state index contributed by atoms with van der Waals surface area (Å²) >= 11 is 0. The number of hydrogen-bond donors (Lipinski definition) is 1. The Hall–Kier alpha value is -2.13. The Bertz CT molecular complexity index is 781. The first-order chi connectivity index (χ1) is 12.0. The number of aliphatic hydroxyl groups excluding tert-OH is 1. The first-order valence-electron chi connectivity index (χ1n) is 9.01. The number of fused-ring (bicyclic) bond motifs is 1. The lowest BCUT2D eigenvalue weighted by Crippen LogP contribution is -2.54. The molecule has 3 heteroatoms. The molecular weight excluding hydrogens is 310 g/mol. The first kappa shape index (κ1) is 16.3. The van der Waals surface area contributed by atoms with Crippen LogP contribution in [0.2, 0.25) is 0 Å². The largest absolute Gasteiger partial charge is 0.396 e. The summed E-state index contributed by atoms with van der Waals surface area (Å²) in [5.41, 5.74) is 3.14. The van der Waals surface area contributed by atoms with Crippen molar-refractivity contribution >= 4 is 5.91 Å². The molecule has 0 spiro atoms. The highest BCUT2D eigenvalue weighted by Crippen LogP contribution is 2.62. The average Bonchev–Trinajstić information content (AvgIpc) is 2.97. The summed E-state index contributed by atoms with van der Waals surface area (Å²) in [7, 11) is 0. The lowest BCUT2D eigenvalue weighted by Gasteiger charge is -2.55. The summed E-state index contributed by atoms with van der Waals surface area (Å²) in [6.45, 7) is 6.10. The Morgan fingerprint density at radius 3 is 2.28 bits per heavy atom. The molecule has 4 rings (SSSR count). The number of nitrogens with zero attached hydrogens (tertiary/aromatic N) is 1. The Kier molecular flexibility index (Phi) is 3.73. The second-order valence-corrected chi connectivity index (χ2v) is 8.37. The van der Waals surface area contributed by atoms with Gasteiger partial charge in [0.25, 0.3) is 5.91 Å². The van der Waals surface area contributed by atoms with E-state index in [-0.39, 0.29) is 23.3 Å². The van der Waals surface area contributed by atoms with Crippen LogP contribution in [0, 0.1) is 16.7 Å². The Morgan fingerprint density at radius 2 is 1.72 bits per heavy atom. The van der Waals surface area contributed by atoms with Gasteiger partial charge in [-0.05, 0) is 41.0 Å². The summed E-state index contributed by atoms with van der Waals surface area (Å²) in [6, 6.07) is 18.0. The molecule has 2 fully saturated rings. The summed E-state index contributed by atoms with van der Waals surface area (Å²) in [6.07, 6.45) is 0.998. The van der Waals surface area contributed by atoms with Gasteiger partial charge in [-0.1, -0.05) is 56.3 Å². The van der Waals surface area contributed by atoms with Crippen LogP contribution < -0.4 is 0 Å². The topological polar surface area (TPSA) is 40.5 Å². The van der Waals surface area contributed by atoms with Gasteiger partial charge < -0.3 is 10.0 Å². The highest BCUT2D eigenvalue weighted by molar-refractivity contribution is 5.95. The van der Waals surface area contributed by atoms with Gasteiger partial charge >= 0.3 is 0 Å². The molecule has 2 atom stereocenters. The van der Waals surface area contributed by atoms with Crippen LogP contribution in [0.4, 0.5) is 0 Å². The number of benzene rings is 2. The molecule has 25 heavy (non-hydrogen) atoms. The van der Waals surface area contributed by atoms with Crippen LogP contribution in [-0.4, -0.2) is 35.6 Å². The summed E-state index contributed by atoms with van der Waals surface area (Å²) in [5, 5.41) is 9.87. The molecule has 1 aliphatic carbocycles. The number of carbonyl (C=O) groups excluding carboxylic acids is 1. The number of hydrogen-bond acceptors (Lipinski definition) is 2. The van der Waals surface area contributed by atoms with E-state index in [0.717, 1.165) is 29.7 Å². The Labute approximate surface area is 149 Å². The number of rotatable bonds is 3. The molecule has 1 amide bonds. The molecule has 0 bridgehead atoms. The van der Waals surface area contributed by atoms with Crippen LogP contribution in [0.3, 0.4) is 0 Å². The van der Waals surface area contributed by atoms with Crippen molar-refractivity contribution < 1.29 is 9.90 Å². The molecule has 130 valence electrons. The highest BCUT2D eigenvalue weighted by Gasteiger charge is 2.63. The fraction of sp³-hybridized carbons (Fsp3) is 0.409. The van der Waals surface area contributed by atoms with E-state index in [2.05, 4.69) is 26.0 Å². The van der Waals surface area contributed by atoms with E-state index in [1.54, 1.807) is 0 Å². The van der Waals surface area contributed by atoms with E-state index in [1.165, 1.54) is 0 Å². The lowest BCUT2D eigenvalue weighted by atomic mass is 9.48. The molecule has 1 aliphatic heterocycles. The zero-order chi connectivity index (χ0) is 17.7. The molecule has 3 nitrogen and oxygen atoms in total. The molecule has 0 aromatic heterocycles. The summed E-state index contributed by atoms with van der Waals surface area (Å²) in [4.78, 5) is 14.9. The van der Waals surface area contributed by atoms with Gasteiger partial charge in [-0.3, -0.25) is 4.79 Å². The van der Waals surface area contributed by atoms with Gasteiger partial charge in [-0.15, -0.1) is 0 Å². The van der Waals surface area contributed by atoms with Crippen molar-refractivity contribution in [3.8, 4) is 11.1 Å². The molecule has 1 saturated carbocycles. The fourth-order valence-corrected chi connectivity index (χ4v) is 5.11. The smallest absolute Gasteiger partial charge is 0.253 e. The molecule has 1 saturated heterocycles. The Morgan fingerprint density at radius 1 is 1.08 bits per heavy atom. The predicted octanol–water partition coefficient (Wildman–Crippen LogP) is 3.83. The van der Waals surface area contributed by atoms with E-state index >= 15 is 0 Å². The molecule has 2 aliphatic rings. The zero-order valence-electron chi connectivity index (χ0n) is 14.9. The lowest BCUT2D eigenvalue weighted by molar-refractivity contribution is -0.0976. The predicted molar refractivity (Wildman–Crippen MR) is 99.2 cm³/mol. The van der Waals surface area contributed by atoms with Crippen molar-refractivity contribution in [1.82, 2.24) is 4.90 Å². The maximum absolute atomic E-state index is 12.9. The van der Waals surface area contributed by atoms with Crippen LogP contribution >= 0.6 is 0 Å². The monoisotopic (exact) mass is 335 g/mol. The van der Waals surface area contributed by atoms with Gasteiger partial charge in [0.15, 0.2) is 0 Å². The minimum atomic E-state index is -0.0802. The van der Waals surface area contributed by atoms with Crippen LogP contribution in [0.15, 0.2) is 54.6 Å². The number of amides is 1. The van der Waals surface area contributed by atoms with Crippen molar-refractivity contribution in [2.24, 2.45) is 16.7 Å².